The number of H-pyrrole nitrogens is 1. The smallest absolute Gasteiger partial charge is 0.407 e. The van der Waals surface area contributed by atoms with Gasteiger partial charge in [-0.1, -0.05) is 48.5 Å². The van der Waals surface area contributed by atoms with Crippen LogP contribution < -0.4 is 48.3 Å². The summed E-state index contributed by atoms with van der Waals surface area (Å²) in [6.07, 6.45) is 2.12. The van der Waals surface area contributed by atoms with E-state index >= 15 is 0 Å². The monoisotopic (exact) mass is 1160 g/mol. The van der Waals surface area contributed by atoms with Gasteiger partial charge in [-0.2, -0.15) is 0 Å². The third-order valence-corrected chi connectivity index (χ3v) is 15.6. The van der Waals surface area contributed by atoms with E-state index in [4.69, 9.17) is 10.5 Å². The minimum absolute atomic E-state index is 0.0487. The number of carbonyl (C=O) groups excluding carboxylic acids is 7. The van der Waals surface area contributed by atoms with Crippen molar-refractivity contribution in [1.29, 1.82) is 0 Å². The molecule has 6 atom stereocenters. The maximum absolute atomic E-state index is 14.7. The van der Waals surface area contributed by atoms with Crippen LogP contribution in [0.25, 0.3) is 21.3 Å². The van der Waals surface area contributed by atoms with Crippen molar-refractivity contribution < 1.29 is 53.3 Å². The summed E-state index contributed by atoms with van der Waals surface area (Å²) >= 11 is 2.58. The van der Waals surface area contributed by atoms with Gasteiger partial charge in [0.25, 0.3) is 0 Å². The number of fused-ring (bicyclic) bond motifs is 4. The van der Waals surface area contributed by atoms with Crippen molar-refractivity contribution in [3.63, 3.8) is 0 Å². The number of anilines is 1. The number of nitrogens with two attached hydrogens (primary N) is 1. The number of hydrogen-bond donors (Lipinski definition) is 12. The predicted molar refractivity (Wildman–Crippen MR) is 310 cm³/mol. The third-order valence-electron chi connectivity index (χ3n) is 13.4. The number of amides is 7. The van der Waals surface area contributed by atoms with Crippen LogP contribution in [0.5, 0.6) is 0 Å². The van der Waals surface area contributed by atoms with E-state index < -0.39 is 78.0 Å². The molecule has 436 valence electrons. The van der Waals surface area contributed by atoms with Gasteiger partial charge in [0.15, 0.2) is 12.0 Å². The Balaban J connectivity index is 1.09. The van der Waals surface area contributed by atoms with Crippen molar-refractivity contribution in [1.82, 2.24) is 52.2 Å². The summed E-state index contributed by atoms with van der Waals surface area (Å²) in [4.78, 5) is 127. The van der Waals surface area contributed by atoms with Gasteiger partial charge in [0.1, 0.15) is 47.1 Å². The molecule has 3 heterocycles. The number of benzene rings is 3. The zero-order chi connectivity index (χ0) is 58.7. The first-order valence-electron chi connectivity index (χ1n) is 26.8. The Morgan fingerprint density at radius 2 is 1.45 bits per heavy atom. The Bertz CT molecular complexity index is 3110. The van der Waals surface area contributed by atoms with E-state index in [2.05, 4.69) is 67.5 Å². The highest BCUT2D eigenvalue weighted by Crippen LogP contribution is 2.44. The molecule has 82 heavy (non-hydrogen) atoms. The van der Waals surface area contributed by atoms with Crippen LogP contribution in [0.15, 0.2) is 89.2 Å². The number of carboxylic acids is 1. The molecular weight excluding hydrogens is 1100 g/mol. The van der Waals surface area contributed by atoms with Crippen molar-refractivity contribution in [3.8, 4) is 11.1 Å². The molecule has 7 amide bonds. The van der Waals surface area contributed by atoms with E-state index in [1.54, 1.807) is 25.1 Å². The summed E-state index contributed by atoms with van der Waals surface area (Å²) in [5, 5.41) is 42.2. The Kier molecular flexibility index (Phi) is 22.4. The highest BCUT2D eigenvalue weighted by Gasteiger charge is 2.34. The van der Waals surface area contributed by atoms with E-state index in [1.165, 1.54) is 49.6 Å². The molecule has 3 aromatic carbocycles. The summed E-state index contributed by atoms with van der Waals surface area (Å²) in [5.41, 5.74) is 11.1. The van der Waals surface area contributed by atoms with Gasteiger partial charge in [0.05, 0.1) is 16.5 Å². The number of aliphatic imine (C=N–C) groups is 2. The molecule has 25 nitrogen and oxygen atoms in total. The number of unbranched alkanes of at least 4 members (excludes halogenated alkanes) is 2. The van der Waals surface area contributed by atoms with Crippen LogP contribution in [0.2, 0.25) is 0 Å². The molecule has 7 rings (SSSR count). The Labute approximate surface area is 480 Å². The van der Waals surface area contributed by atoms with E-state index in [9.17, 15) is 48.6 Å². The minimum atomic E-state index is -1.45. The maximum atomic E-state index is 14.7. The number of aromatic amines is 1. The summed E-state index contributed by atoms with van der Waals surface area (Å²) < 4.78 is 6.46. The van der Waals surface area contributed by atoms with E-state index in [-0.39, 0.29) is 62.2 Å². The highest BCUT2D eigenvalue weighted by atomic mass is 32.2. The van der Waals surface area contributed by atoms with Crippen LogP contribution >= 0.6 is 23.1 Å². The lowest BCUT2D eigenvalue weighted by molar-refractivity contribution is -0.137. The van der Waals surface area contributed by atoms with Gasteiger partial charge < -0.3 is 57.6 Å². The molecule has 13 N–H and O–H groups in total. The number of aliphatic hydroxyl groups excluding tert-OH is 1. The number of rotatable bonds is 29. The van der Waals surface area contributed by atoms with Crippen molar-refractivity contribution >= 4 is 97.5 Å². The lowest BCUT2D eigenvalue weighted by Gasteiger charge is -2.26. The minimum Gasteiger partial charge on any atom is -0.480 e. The van der Waals surface area contributed by atoms with Gasteiger partial charge in [-0.15, -0.1) is 23.1 Å². The quantitative estimate of drug-likeness (QED) is 0.0142. The second-order valence-corrected chi connectivity index (χ2v) is 21.6. The molecule has 0 spiro atoms. The Morgan fingerprint density at radius 3 is 2.07 bits per heavy atom. The van der Waals surface area contributed by atoms with Crippen LogP contribution in [0.3, 0.4) is 0 Å². The Morgan fingerprint density at radius 1 is 0.817 bits per heavy atom. The lowest BCUT2D eigenvalue weighted by Crippen LogP contribution is -2.58. The molecular formula is C55H68N14O11S2. The number of aliphatic carboxylic acids is 1. The number of aromatic nitrogens is 3. The largest absolute Gasteiger partial charge is 0.480 e. The summed E-state index contributed by atoms with van der Waals surface area (Å²) in [6.45, 7) is 3.55. The number of thioether (sulfide) groups is 1. The van der Waals surface area contributed by atoms with Gasteiger partial charge in [-0.25, -0.2) is 19.6 Å². The number of aliphatic hydroxyl groups is 1. The molecule has 27 heteroatoms. The highest BCUT2D eigenvalue weighted by molar-refractivity contribution is 8.15. The number of hydrogen-bond acceptors (Lipinski definition) is 17. The Hall–Kier alpha value is -8.27. The van der Waals surface area contributed by atoms with Crippen LogP contribution in [-0.4, -0.2) is 153 Å². The normalized spacial score (nSPS) is 15.6. The van der Waals surface area contributed by atoms with Gasteiger partial charge in [-0.05, 0) is 98.9 Å². The van der Waals surface area contributed by atoms with Crippen molar-refractivity contribution in [2.45, 2.75) is 114 Å². The summed E-state index contributed by atoms with van der Waals surface area (Å²) in [7, 11) is 1.38. The second kappa shape index (κ2) is 30.0. The first-order valence-corrected chi connectivity index (χ1v) is 28.6. The van der Waals surface area contributed by atoms with Gasteiger partial charge >= 0.3 is 12.1 Å². The molecule has 0 bridgehead atoms. The number of carboxylic acid groups (broad SMARTS) is 1. The maximum Gasteiger partial charge on any atom is 0.407 e. The molecule has 1 unspecified atom stereocenters. The van der Waals surface area contributed by atoms with E-state index in [0.29, 0.717) is 70.4 Å². The van der Waals surface area contributed by atoms with Crippen LogP contribution in [0, 0.1) is 0 Å². The average molecular weight is 1170 g/mol. The number of nitrogens with one attached hydrogen (secondary N) is 9. The molecule has 2 aromatic heterocycles. The second-order valence-electron chi connectivity index (χ2n) is 19.6. The summed E-state index contributed by atoms with van der Waals surface area (Å²) in [5.74, 6) is -5.05. The zero-order valence-corrected chi connectivity index (χ0v) is 47.1. The van der Waals surface area contributed by atoms with Crippen molar-refractivity contribution in [2.24, 2.45) is 15.7 Å². The first-order chi connectivity index (χ1) is 39.5. The standard InChI is InChI=1S/C55H68N14O11S2/c1-30(70)59-22-10-8-16-40(47(73)62-32-18-19-39-45(25-32)82-52(66-39)51-67-44(28-81-51)53(77)78)63-48(74)41(17-9-11-23-60-31(2)71)64-50(76)43(24-33-26-58-29-61-33)65-49(75)42(20-21-46(72)69-54(56)57-3)68-55(79)80-27-38-36-14-6-4-12-34(36)35-13-5-7-15-37(35)38/h4-7,12-15,18-19,25-26,29,31,38,40-44,60,71H,8-11,16-17,20-24,27-28H2,1-3H3,(H,58,61)(H,59,70)(H,62,73)(H,63,74)(H,64,76)(H,65,75)(H,68,79)(H,77,78)(H3,56,57,69,72)/t31?,40-,41-,42-,43-,44+/m0/s1. The van der Waals surface area contributed by atoms with Crippen LogP contribution in [-0.2, 0) is 44.7 Å². The number of alkyl carbamates (subject to hydrolysis) is 1. The van der Waals surface area contributed by atoms with Gasteiger partial charge in [0.2, 0.25) is 35.4 Å². The van der Waals surface area contributed by atoms with Crippen LogP contribution in [0.4, 0.5) is 10.5 Å². The molecule has 5 aromatic rings. The SMILES string of the molecule is CN=C(N)NC(=O)CC[C@H](NC(=O)OCC1c2ccccc2-c2ccccc21)C(=O)N[C@@H](Cc1cnc[nH]1)C(=O)N[C@@H](CCCCNC(C)O)C(=O)N[C@@H](CCCCNC(C)=O)C(=O)Nc1ccc2nc(C3=N[C@@H](C(=O)O)CS3)sc2c1. The van der Waals surface area contributed by atoms with Gasteiger partial charge in [0, 0.05) is 62.6 Å². The molecule has 0 saturated heterocycles. The zero-order valence-electron chi connectivity index (χ0n) is 45.5. The fourth-order valence-electron chi connectivity index (χ4n) is 9.23. The molecule has 0 saturated carbocycles. The fraction of sp³-hybridized carbons (Fsp3) is 0.418. The third kappa shape index (κ3) is 17.6. The number of nitrogens with zero attached hydrogens (tertiary/aromatic N) is 4. The number of guanidine groups is 1. The summed E-state index contributed by atoms with van der Waals surface area (Å²) in [6, 6.07) is 14.4. The number of imidazole rings is 1. The number of ether oxygens (including phenoxy) is 1. The van der Waals surface area contributed by atoms with E-state index in [0.717, 1.165) is 22.3 Å². The molecule has 1 aliphatic heterocycles. The molecule has 0 fully saturated rings. The molecule has 1 aliphatic carbocycles. The van der Waals surface area contributed by atoms with Crippen LogP contribution in [0.1, 0.15) is 93.0 Å². The molecule has 0 radical (unpaired) electrons. The van der Waals surface area contributed by atoms with Crippen molar-refractivity contribution in [2.75, 3.05) is 37.8 Å². The lowest BCUT2D eigenvalue weighted by atomic mass is 9.98. The number of thiazole rings is 1. The van der Waals surface area contributed by atoms with Gasteiger partial charge in [-0.3, -0.25) is 49.4 Å². The van der Waals surface area contributed by atoms with Crippen molar-refractivity contribution in [3.05, 3.63) is 101 Å². The number of carbonyl (C=O) groups is 8. The van der Waals surface area contributed by atoms with E-state index in [1.807, 2.05) is 48.5 Å². The fourth-order valence-corrected chi connectivity index (χ4v) is 11.3. The topological polar surface area (TPSA) is 375 Å². The first kappa shape index (κ1) is 61.4. The average Bonchev–Trinajstić information content (AvgIpc) is 4.45. The predicted octanol–water partition coefficient (Wildman–Crippen LogP) is 2.75. The molecule has 2 aliphatic rings.